The van der Waals surface area contributed by atoms with Crippen LogP contribution in [-0.4, -0.2) is 35.3 Å². The van der Waals surface area contributed by atoms with Crippen molar-refractivity contribution in [1.29, 1.82) is 0 Å². The maximum atomic E-state index is 12.2. The van der Waals surface area contributed by atoms with Gasteiger partial charge in [0.15, 0.2) is 0 Å². The van der Waals surface area contributed by atoms with E-state index < -0.39 is 0 Å². The molecule has 2 amide bonds. The van der Waals surface area contributed by atoms with Gasteiger partial charge in [0.1, 0.15) is 6.04 Å². The number of piperazine rings is 1. The highest BCUT2D eigenvalue weighted by Crippen LogP contribution is 2.49. The quantitative estimate of drug-likeness (QED) is 0.740. The number of nitrogens with one attached hydrogen (secondary N) is 1. The number of rotatable bonds is 2. The Hall–Kier alpha value is -1.06. The summed E-state index contributed by atoms with van der Waals surface area (Å²) in [7, 11) is 0. The molecule has 0 radical (unpaired) electrons. The van der Waals surface area contributed by atoms with Crippen molar-refractivity contribution in [2.75, 3.05) is 6.54 Å². The van der Waals surface area contributed by atoms with Crippen LogP contribution < -0.4 is 5.32 Å². The van der Waals surface area contributed by atoms with Crippen molar-refractivity contribution in [2.24, 2.45) is 11.3 Å². The third-order valence-electron chi connectivity index (χ3n) is 4.11. The fourth-order valence-corrected chi connectivity index (χ4v) is 2.68. The first kappa shape index (κ1) is 10.1. The summed E-state index contributed by atoms with van der Waals surface area (Å²) < 4.78 is 0. The van der Waals surface area contributed by atoms with Gasteiger partial charge in [-0.2, -0.15) is 0 Å². The van der Waals surface area contributed by atoms with Gasteiger partial charge in [-0.15, -0.1) is 0 Å². The van der Waals surface area contributed by atoms with Crippen LogP contribution in [0.4, 0.5) is 0 Å². The average Bonchev–Trinajstić information content (AvgIpc) is 3.06. The van der Waals surface area contributed by atoms with Gasteiger partial charge in [-0.25, -0.2) is 0 Å². The highest BCUT2D eigenvalue weighted by molar-refractivity contribution is 5.95. The van der Waals surface area contributed by atoms with Crippen molar-refractivity contribution in [1.82, 2.24) is 10.2 Å². The van der Waals surface area contributed by atoms with E-state index in [9.17, 15) is 9.59 Å². The Kier molecular flexibility index (Phi) is 1.89. The highest BCUT2D eigenvalue weighted by Gasteiger charge is 2.54. The van der Waals surface area contributed by atoms with Crippen molar-refractivity contribution in [2.45, 2.75) is 45.2 Å². The maximum Gasteiger partial charge on any atom is 0.246 e. The predicted octanol–water partition coefficient (Wildman–Crippen LogP) is 0.522. The summed E-state index contributed by atoms with van der Waals surface area (Å²) in [6.07, 6.45) is 3.20. The molecule has 2 atom stereocenters. The third kappa shape index (κ3) is 1.51. The van der Waals surface area contributed by atoms with Gasteiger partial charge >= 0.3 is 0 Å². The number of carbonyl (C=O) groups excluding carboxylic acids is 2. The predicted molar refractivity (Wildman–Crippen MR) is 58.6 cm³/mol. The molecule has 4 nitrogen and oxygen atoms in total. The number of carbonyl (C=O) groups is 2. The second kappa shape index (κ2) is 2.99. The molecule has 0 spiro atoms. The molecule has 0 aromatic carbocycles. The zero-order valence-corrected chi connectivity index (χ0v) is 9.82. The van der Waals surface area contributed by atoms with Gasteiger partial charge in [-0.05, 0) is 30.6 Å². The SMILES string of the molecule is CC1(C)CC1N1CC(=O)NC(C2CC2)C1=O. The standard InChI is InChI=1S/C12H18N2O2/c1-12(2)5-8(12)14-6-9(15)13-10(11(14)16)7-3-4-7/h7-8,10H,3-6H2,1-2H3,(H,13,15). The van der Waals surface area contributed by atoms with Crippen LogP contribution in [0.15, 0.2) is 0 Å². The molecule has 2 unspecified atom stereocenters. The molecule has 16 heavy (non-hydrogen) atoms. The van der Waals surface area contributed by atoms with E-state index in [-0.39, 0.29) is 35.9 Å². The summed E-state index contributed by atoms with van der Waals surface area (Å²) in [5.41, 5.74) is 0.210. The Labute approximate surface area is 95.4 Å². The molecule has 3 rings (SSSR count). The van der Waals surface area contributed by atoms with Gasteiger partial charge in [0, 0.05) is 6.04 Å². The molecule has 1 heterocycles. The van der Waals surface area contributed by atoms with E-state index in [0.717, 1.165) is 19.3 Å². The molecule has 0 aromatic rings. The van der Waals surface area contributed by atoms with E-state index in [1.165, 1.54) is 0 Å². The lowest BCUT2D eigenvalue weighted by atomic mass is 10.1. The number of hydrogen-bond donors (Lipinski definition) is 1. The molecule has 0 aromatic heterocycles. The number of amides is 2. The van der Waals surface area contributed by atoms with Crippen LogP contribution in [0.1, 0.15) is 33.1 Å². The summed E-state index contributed by atoms with van der Waals surface area (Å²) in [6.45, 7) is 4.57. The van der Waals surface area contributed by atoms with Gasteiger partial charge in [0.05, 0.1) is 6.54 Å². The molecule has 1 N–H and O–H groups in total. The van der Waals surface area contributed by atoms with Crippen molar-refractivity contribution < 1.29 is 9.59 Å². The highest BCUT2D eigenvalue weighted by atomic mass is 16.2. The Bertz CT molecular complexity index is 360. The van der Waals surface area contributed by atoms with Crippen LogP contribution >= 0.6 is 0 Å². The fraction of sp³-hybridized carbons (Fsp3) is 0.833. The van der Waals surface area contributed by atoms with Crippen molar-refractivity contribution >= 4 is 11.8 Å². The molecular weight excluding hydrogens is 204 g/mol. The summed E-state index contributed by atoms with van der Waals surface area (Å²) in [5, 5.41) is 2.84. The van der Waals surface area contributed by atoms with Crippen LogP contribution in [0.3, 0.4) is 0 Å². The summed E-state index contributed by atoms with van der Waals surface area (Å²) in [6, 6.07) is 0.0601. The zero-order valence-electron chi connectivity index (χ0n) is 9.82. The van der Waals surface area contributed by atoms with Crippen LogP contribution in [0, 0.1) is 11.3 Å². The molecule has 88 valence electrons. The molecular formula is C12H18N2O2. The van der Waals surface area contributed by atoms with Crippen LogP contribution in [0.2, 0.25) is 0 Å². The van der Waals surface area contributed by atoms with Crippen molar-refractivity contribution in [3.8, 4) is 0 Å². The lowest BCUT2D eigenvalue weighted by Crippen LogP contribution is -2.59. The lowest BCUT2D eigenvalue weighted by Gasteiger charge is -2.33. The van der Waals surface area contributed by atoms with Gasteiger partial charge in [0.25, 0.3) is 0 Å². The van der Waals surface area contributed by atoms with Gasteiger partial charge in [-0.1, -0.05) is 13.8 Å². The minimum atomic E-state index is -0.224. The average molecular weight is 222 g/mol. The number of hydrogen-bond acceptors (Lipinski definition) is 2. The molecule has 3 aliphatic rings. The minimum absolute atomic E-state index is 0.0131. The van der Waals surface area contributed by atoms with Crippen LogP contribution in [0.5, 0.6) is 0 Å². The fourth-order valence-electron chi connectivity index (χ4n) is 2.68. The first-order valence-corrected chi connectivity index (χ1v) is 6.09. The topological polar surface area (TPSA) is 49.4 Å². The zero-order chi connectivity index (χ0) is 11.5. The molecule has 2 saturated carbocycles. The Balaban J connectivity index is 1.77. The first-order valence-electron chi connectivity index (χ1n) is 6.09. The van der Waals surface area contributed by atoms with E-state index in [2.05, 4.69) is 19.2 Å². The largest absolute Gasteiger partial charge is 0.342 e. The molecule has 0 bridgehead atoms. The number of nitrogens with zero attached hydrogens (tertiary/aromatic N) is 1. The second-order valence-corrected chi connectivity index (χ2v) is 6.06. The first-order chi connectivity index (χ1) is 7.49. The lowest BCUT2D eigenvalue weighted by molar-refractivity contribution is -0.145. The van der Waals surface area contributed by atoms with Crippen molar-refractivity contribution in [3.05, 3.63) is 0 Å². The third-order valence-corrected chi connectivity index (χ3v) is 4.11. The van der Waals surface area contributed by atoms with E-state index >= 15 is 0 Å². The van der Waals surface area contributed by atoms with Gasteiger partial charge in [0.2, 0.25) is 11.8 Å². The summed E-state index contributed by atoms with van der Waals surface area (Å²) in [5.74, 6) is 0.568. The molecule has 2 aliphatic carbocycles. The van der Waals surface area contributed by atoms with E-state index in [1.54, 1.807) is 0 Å². The maximum absolute atomic E-state index is 12.2. The van der Waals surface area contributed by atoms with Crippen molar-refractivity contribution in [3.63, 3.8) is 0 Å². The van der Waals surface area contributed by atoms with E-state index in [4.69, 9.17) is 0 Å². The normalized spacial score (nSPS) is 37.2. The smallest absolute Gasteiger partial charge is 0.246 e. The Morgan fingerprint density at radius 1 is 1.31 bits per heavy atom. The van der Waals surface area contributed by atoms with Crippen LogP contribution in [-0.2, 0) is 9.59 Å². The second-order valence-electron chi connectivity index (χ2n) is 6.06. The molecule has 1 aliphatic heterocycles. The monoisotopic (exact) mass is 222 g/mol. The molecule has 3 fully saturated rings. The minimum Gasteiger partial charge on any atom is -0.342 e. The molecule has 4 heteroatoms. The van der Waals surface area contributed by atoms with E-state index in [0.29, 0.717) is 5.92 Å². The Morgan fingerprint density at radius 2 is 1.94 bits per heavy atom. The van der Waals surface area contributed by atoms with E-state index in [1.807, 2.05) is 4.90 Å². The summed E-state index contributed by atoms with van der Waals surface area (Å²) >= 11 is 0. The van der Waals surface area contributed by atoms with Gasteiger partial charge < -0.3 is 10.2 Å². The molecule has 1 saturated heterocycles. The summed E-state index contributed by atoms with van der Waals surface area (Å²) in [4.78, 5) is 25.6. The Morgan fingerprint density at radius 3 is 2.44 bits per heavy atom. The van der Waals surface area contributed by atoms with Gasteiger partial charge in [-0.3, -0.25) is 9.59 Å². The van der Waals surface area contributed by atoms with Crippen LogP contribution in [0.25, 0.3) is 0 Å².